The molecule has 1 amide bonds. The Kier molecular flexibility index (Phi) is 7.26. The highest BCUT2D eigenvalue weighted by atomic mass is 32.1. The number of primary amides is 1. The first-order valence-electron chi connectivity index (χ1n) is 9.78. The second-order valence-electron chi connectivity index (χ2n) is 7.52. The van der Waals surface area contributed by atoms with Gasteiger partial charge in [-0.05, 0) is 54.8 Å². The minimum absolute atomic E-state index is 0.312. The number of nitrogens with two attached hydrogens (primary N) is 1. The van der Waals surface area contributed by atoms with Crippen LogP contribution in [0.3, 0.4) is 0 Å². The number of amides is 1. The van der Waals surface area contributed by atoms with Gasteiger partial charge >= 0.3 is 0 Å². The number of thiophene rings is 1. The fraction of sp³-hybridized carbons (Fsp3) is 0.160. The average molecular weight is 435 g/mol. The normalized spacial score (nSPS) is 12.5. The molecule has 2 N–H and O–H groups in total. The lowest BCUT2D eigenvalue weighted by molar-refractivity contribution is -0.126. The third-order valence-corrected chi connectivity index (χ3v) is 5.99. The molecule has 0 saturated carbocycles. The molecular weight excluding hydrogens is 411 g/mol. The van der Waals surface area contributed by atoms with Crippen LogP contribution in [-0.4, -0.2) is 17.2 Å². The van der Waals surface area contributed by atoms with E-state index in [0.717, 1.165) is 22.2 Å². The van der Waals surface area contributed by atoms with Crippen LogP contribution in [0.4, 0.5) is 4.39 Å². The fourth-order valence-corrected chi connectivity index (χ4v) is 4.26. The van der Waals surface area contributed by atoms with Gasteiger partial charge in [0.2, 0.25) is 5.91 Å². The summed E-state index contributed by atoms with van der Waals surface area (Å²) in [6.45, 7) is 1.79. The number of carbonyl (C=O) groups is 2. The van der Waals surface area contributed by atoms with Crippen molar-refractivity contribution in [2.75, 3.05) is 0 Å². The first kappa shape index (κ1) is 22.3. The molecule has 158 valence electrons. The Morgan fingerprint density at radius 1 is 1.03 bits per heavy atom. The Morgan fingerprint density at radius 2 is 1.74 bits per heavy atom. The van der Waals surface area contributed by atoms with E-state index in [2.05, 4.69) is 17.1 Å². The number of para-hydroxylation sites is 1. The van der Waals surface area contributed by atoms with Gasteiger partial charge in [0.25, 0.3) is 0 Å². The summed E-state index contributed by atoms with van der Waals surface area (Å²) in [4.78, 5) is 28.3. The van der Waals surface area contributed by atoms with Gasteiger partial charge in [0.15, 0.2) is 6.29 Å². The van der Waals surface area contributed by atoms with E-state index in [1.165, 1.54) is 28.9 Å². The van der Waals surface area contributed by atoms with Gasteiger partial charge in [-0.15, -0.1) is 11.3 Å². The summed E-state index contributed by atoms with van der Waals surface area (Å²) < 4.78 is 12.9. The molecule has 31 heavy (non-hydrogen) atoms. The van der Waals surface area contributed by atoms with Gasteiger partial charge in [-0.25, -0.2) is 4.39 Å². The van der Waals surface area contributed by atoms with Crippen molar-refractivity contribution < 1.29 is 14.0 Å². The number of halogens is 1. The van der Waals surface area contributed by atoms with Gasteiger partial charge in [-0.3, -0.25) is 14.6 Å². The summed E-state index contributed by atoms with van der Waals surface area (Å²) in [5.74, 6) is -0.721. The average Bonchev–Trinajstić information content (AvgIpc) is 3.23. The topological polar surface area (TPSA) is 73.1 Å². The van der Waals surface area contributed by atoms with Gasteiger partial charge in [0.05, 0.1) is 15.8 Å². The molecule has 0 aliphatic rings. The maximum Gasteiger partial charge on any atom is 0.224 e. The van der Waals surface area contributed by atoms with E-state index in [0.29, 0.717) is 17.7 Å². The SMILES string of the molecule is CC(Cc1ccc(F)cc1)(Cc1ccc(C=O)s1)C(N)=O.c1ccc2ncccc2c1. The molecule has 0 spiro atoms. The second kappa shape index (κ2) is 10.1. The van der Waals surface area contributed by atoms with Gasteiger partial charge in [-0.2, -0.15) is 0 Å². The first-order valence-corrected chi connectivity index (χ1v) is 10.6. The molecule has 2 heterocycles. The van der Waals surface area contributed by atoms with Gasteiger partial charge in [0, 0.05) is 16.5 Å². The second-order valence-corrected chi connectivity index (χ2v) is 8.72. The van der Waals surface area contributed by atoms with Crippen molar-refractivity contribution in [1.29, 1.82) is 0 Å². The molecule has 0 radical (unpaired) electrons. The van der Waals surface area contributed by atoms with E-state index < -0.39 is 11.3 Å². The third kappa shape index (κ3) is 6.06. The van der Waals surface area contributed by atoms with Crippen molar-refractivity contribution in [2.24, 2.45) is 11.1 Å². The van der Waals surface area contributed by atoms with E-state index >= 15 is 0 Å². The van der Waals surface area contributed by atoms with Crippen molar-refractivity contribution in [3.63, 3.8) is 0 Å². The van der Waals surface area contributed by atoms with Crippen LogP contribution in [-0.2, 0) is 17.6 Å². The smallest absolute Gasteiger partial charge is 0.224 e. The van der Waals surface area contributed by atoms with Gasteiger partial charge in [-0.1, -0.05) is 43.3 Å². The van der Waals surface area contributed by atoms with Gasteiger partial charge in [0.1, 0.15) is 5.82 Å². The number of nitrogens with zero attached hydrogens (tertiary/aromatic N) is 1. The first-order chi connectivity index (χ1) is 14.9. The highest BCUT2D eigenvalue weighted by Gasteiger charge is 2.32. The minimum atomic E-state index is -0.775. The van der Waals surface area contributed by atoms with E-state index in [9.17, 15) is 14.0 Å². The molecule has 0 aliphatic carbocycles. The molecule has 2 aromatic heterocycles. The molecule has 2 aromatic carbocycles. The number of benzene rings is 2. The maximum atomic E-state index is 12.9. The van der Waals surface area contributed by atoms with Crippen LogP contribution in [0.25, 0.3) is 10.9 Å². The van der Waals surface area contributed by atoms with Crippen molar-refractivity contribution in [2.45, 2.75) is 19.8 Å². The number of rotatable bonds is 6. The van der Waals surface area contributed by atoms with Crippen LogP contribution < -0.4 is 5.73 Å². The molecule has 6 heteroatoms. The third-order valence-electron chi connectivity index (χ3n) is 4.98. The van der Waals surface area contributed by atoms with Gasteiger partial charge < -0.3 is 5.73 Å². The number of fused-ring (bicyclic) bond motifs is 1. The van der Waals surface area contributed by atoms with Crippen molar-refractivity contribution >= 4 is 34.4 Å². The van der Waals surface area contributed by atoms with Crippen LogP contribution in [0.5, 0.6) is 0 Å². The summed E-state index contributed by atoms with van der Waals surface area (Å²) in [7, 11) is 0. The van der Waals surface area contributed by atoms with Crippen LogP contribution in [0.15, 0.2) is 79.0 Å². The quantitative estimate of drug-likeness (QED) is 0.423. The predicted octanol–water partition coefficient (Wildman–Crippen LogP) is 5.21. The van der Waals surface area contributed by atoms with Crippen LogP contribution >= 0.6 is 11.3 Å². The van der Waals surface area contributed by atoms with E-state index in [4.69, 9.17) is 5.73 Å². The molecule has 0 aliphatic heterocycles. The molecule has 4 aromatic rings. The monoisotopic (exact) mass is 434 g/mol. The van der Waals surface area contributed by atoms with Crippen LogP contribution in [0.1, 0.15) is 27.0 Å². The number of aldehydes is 1. The zero-order valence-electron chi connectivity index (χ0n) is 17.1. The molecular formula is C25H23FN2O2S. The Balaban J connectivity index is 0.000000225. The lowest BCUT2D eigenvalue weighted by Gasteiger charge is -2.25. The van der Waals surface area contributed by atoms with Crippen LogP contribution in [0, 0.1) is 11.2 Å². The highest BCUT2D eigenvalue weighted by Crippen LogP contribution is 2.30. The Labute approximate surface area is 184 Å². The van der Waals surface area contributed by atoms with E-state index in [1.807, 2.05) is 36.5 Å². The Bertz CT molecular complexity index is 1110. The molecule has 4 rings (SSSR count). The lowest BCUT2D eigenvalue weighted by Crippen LogP contribution is -2.38. The minimum Gasteiger partial charge on any atom is -0.369 e. The number of aromatic nitrogens is 1. The molecule has 4 nitrogen and oxygen atoms in total. The summed E-state index contributed by atoms with van der Waals surface area (Å²) in [6.07, 6.45) is 3.48. The number of hydrogen-bond donors (Lipinski definition) is 1. The molecule has 1 unspecified atom stereocenters. The summed E-state index contributed by atoms with van der Waals surface area (Å²) >= 11 is 1.35. The number of pyridine rings is 1. The zero-order valence-corrected chi connectivity index (χ0v) is 17.9. The van der Waals surface area contributed by atoms with E-state index in [-0.39, 0.29) is 5.82 Å². The standard InChI is InChI=1S/C16H16FNO2S.C9H7N/c1-16(15(18)20,8-11-2-4-12(17)5-3-11)9-13-6-7-14(10-19)21-13;1-2-6-9-8(4-1)5-3-7-10-9/h2-7,10H,8-9H2,1H3,(H2,18,20);1-7H. The lowest BCUT2D eigenvalue weighted by atomic mass is 9.79. The van der Waals surface area contributed by atoms with Crippen molar-refractivity contribution in [3.8, 4) is 0 Å². The van der Waals surface area contributed by atoms with E-state index in [1.54, 1.807) is 25.1 Å². The predicted molar refractivity (Wildman–Crippen MR) is 123 cm³/mol. The highest BCUT2D eigenvalue weighted by molar-refractivity contribution is 7.13. The zero-order chi connectivity index (χ0) is 22.3. The Morgan fingerprint density at radius 3 is 2.39 bits per heavy atom. The summed E-state index contributed by atoms with van der Waals surface area (Å²) in [5.41, 5.74) is 6.69. The molecule has 0 bridgehead atoms. The molecule has 0 fully saturated rings. The number of hydrogen-bond acceptors (Lipinski definition) is 4. The van der Waals surface area contributed by atoms with Crippen LogP contribution in [0.2, 0.25) is 0 Å². The fourth-order valence-electron chi connectivity index (χ4n) is 3.24. The van der Waals surface area contributed by atoms with Crippen molar-refractivity contribution in [1.82, 2.24) is 4.98 Å². The Hall–Kier alpha value is -3.38. The van der Waals surface area contributed by atoms with Crippen molar-refractivity contribution in [3.05, 3.63) is 100 Å². The maximum absolute atomic E-state index is 12.9. The number of carbonyl (C=O) groups excluding carboxylic acids is 2. The largest absolute Gasteiger partial charge is 0.369 e. The summed E-state index contributed by atoms with van der Waals surface area (Å²) in [6, 6.07) is 21.7. The molecule has 0 saturated heterocycles. The molecule has 1 atom stereocenters. The summed E-state index contributed by atoms with van der Waals surface area (Å²) in [5, 5.41) is 1.20.